The van der Waals surface area contributed by atoms with Gasteiger partial charge in [-0.15, -0.1) is 11.8 Å². The second-order valence-corrected chi connectivity index (χ2v) is 7.11. The minimum absolute atomic E-state index is 0.0600. The van der Waals surface area contributed by atoms with Gasteiger partial charge >= 0.3 is 0 Å². The lowest BCUT2D eigenvalue weighted by molar-refractivity contribution is 0.0303. The van der Waals surface area contributed by atoms with Crippen molar-refractivity contribution < 1.29 is 14.3 Å². The third kappa shape index (κ3) is 5.25. The van der Waals surface area contributed by atoms with Crippen LogP contribution in [0.1, 0.15) is 15.9 Å². The zero-order chi connectivity index (χ0) is 17.5. The molecule has 1 heterocycles. The normalized spacial score (nSPS) is 14.4. The van der Waals surface area contributed by atoms with E-state index in [2.05, 4.69) is 31.2 Å². The van der Waals surface area contributed by atoms with E-state index in [9.17, 15) is 4.79 Å². The maximum Gasteiger partial charge on any atom is 0.254 e. The van der Waals surface area contributed by atoms with E-state index in [0.717, 1.165) is 11.5 Å². The van der Waals surface area contributed by atoms with Crippen molar-refractivity contribution in [2.75, 3.05) is 38.7 Å². The van der Waals surface area contributed by atoms with Gasteiger partial charge in [0.2, 0.25) is 0 Å². The molecule has 4 nitrogen and oxygen atoms in total. The first kappa shape index (κ1) is 17.8. The Hall–Kier alpha value is -1.98. The molecule has 0 atom stereocenters. The molecule has 5 heteroatoms. The van der Waals surface area contributed by atoms with E-state index in [1.807, 2.05) is 29.2 Å². The highest BCUT2D eigenvalue weighted by molar-refractivity contribution is 7.99. The number of aryl methyl sites for hydroxylation is 1. The number of hydrogen-bond donors (Lipinski definition) is 0. The van der Waals surface area contributed by atoms with Crippen LogP contribution in [0, 0.1) is 6.92 Å². The molecule has 3 rings (SSSR count). The Morgan fingerprint density at radius 3 is 2.44 bits per heavy atom. The van der Waals surface area contributed by atoms with Crippen molar-refractivity contribution in [3.8, 4) is 5.75 Å². The number of hydrogen-bond acceptors (Lipinski definition) is 4. The van der Waals surface area contributed by atoms with Crippen LogP contribution in [0.3, 0.4) is 0 Å². The summed E-state index contributed by atoms with van der Waals surface area (Å²) in [4.78, 5) is 15.5. The average Bonchev–Trinajstić information content (AvgIpc) is 2.67. The standard InChI is InChI=1S/C20H23NO3S/c1-16-2-8-19(9-3-16)25-15-14-24-18-6-4-17(5-7-18)20(22)21-10-12-23-13-11-21/h2-9H,10-15H2,1H3. The highest BCUT2D eigenvalue weighted by atomic mass is 32.2. The lowest BCUT2D eigenvalue weighted by atomic mass is 10.2. The molecule has 132 valence electrons. The van der Waals surface area contributed by atoms with Crippen molar-refractivity contribution in [1.82, 2.24) is 4.90 Å². The van der Waals surface area contributed by atoms with E-state index in [1.54, 1.807) is 11.8 Å². The molecule has 0 aliphatic carbocycles. The fourth-order valence-corrected chi connectivity index (χ4v) is 3.33. The lowest BCUT2D eigenvalue weighted by Crippen LogP contribution is -2.40. The summed E-state index contributed by atoms with van der Waals surface area (Å²) in [6.07, 6.45) is 0. The van der Waals surface area contributed by atoms with Gasteiger partial charge in [-0.05, 0) is 43.3 Å². The molecule has 0 bridgehead atoms. The van der Waals surface area contributed by atoms with E-state index in [4.69, 9.17) is 9.47 Å². The molecule has 2 aromatic rings. The highest BCUT2D eigenvalue weighted by Crippen LogP contribution is 2.19. The van der Waals surface area contributed by atoms with Crippen molar-refractivity contribution in [2.24, 2.45) is 0 Å². The molecule has 0 radical (unpaired) electrons. The van der Waals surface area contributed by atoms with E-state index in [-0.39, 0.29) is 5.91 Å². The fraction of sp³-hybridized carbons (Fsp3) is 0.350. The van der Waals surface area contributed by atoms with Gasteiger partial charge in [0, 0.05) is 29.3 Å². The summed E-state index contributed by atoms with van der Waals surface area (Å²) in [5.41, 5.74) is 1.97. The Kier molecular flexibility index (Phi) is 6.36. The average molecular weight is 357 g/mol. The third-order valence-corrected chi connectivity index (χ3v) is 5.02. The summed E-state index contributed by atoms with van der Waals surface area (Å²) < 4.78 is 11.0. The van der Waals surface area contributed by atoms with Gasteiger partial charge < -0.3 is 14.4 Å². The second-order valence-electron chi connectivity index (χ2n) is 5.94. The van der Waals surface area contributed by atoms with Gasteiger partial charge in [-0.2, -0.15) is 0 Å². The second kappa shape index (κ2) is 8.92. The van der Waals surface area contributed by atoms with Gasteiger partial charge in [0.25, 0.3) is 5.91 Å². The van der Waals surface area contributed by atoms with Crippen LogP contribution >= 0.6 is 11.8 Å². The van der Waals surface area contributed by atoms with E-state index in [1.165, 1.54) is 10.5 Å². The van der Waals surface area contributed by atoms with Crippen LogP contribution < -0.4 is 4.74 Å². The number of ether oxygens (including phenoxy) is 2. The molecule has 0 saturated carbocycles. The molecule has 1 saturated heterocycles. The first-order chi connectivity index (χ1) is 12.2. The minimum atomic E-state index is 0.0600. The minimum Gasteiger partial charge on any atom is -0.493 e. The highest BCUT2D eigenvalue weighted by Gasteiger charge is 2.18. The largest absolute Gasteiger partial charge is 0.493 e. The van der Waals surface area contributed by atoms with E-state index >= 15 is 0 Å². The third-order valence-electron chi connectivity index (χ3n) is 4.04. The Morgan fingerprint density at radius 2 is 1.76 bits per heavy atom. The Bertz CT molecular complexity index is 679. The molecule has 1 aliphatic rings. The van der Waals surface area contributed by atoms with Gasteiger partial charge in [0.1, 0.15) is 5.75 Å². The molecule has 1 amide bonds. The van der Waals surface area contributed by atoms with E-state index < -0.39 is 0 Å². The monoisotopic (exact) mass is 357 g/mol. The SMILES string of the molecule is Cc1ccc(SCCOc2ccc(C(=O)N3CCOCC3)cc2)cc1. The van der Waals surface area contributed by atoms with Gasteiger partial charge in [-0.3, -0.25) is 4.79 Å². The Morgan fingerprint density at radius 1 is 1.08 bits per heavy atom. The number of morpholine rings is 1. The van der Waals surface area contributed by atoms with Crippen LogP contribution in [-0.4, -0.2) is 49.5 Å². The topological polar surface area (TPSA) is 38.8 Å². The number of rotatable bonds is 6. The van der Waals surface area contributed by atoms with Crippen molar-refractivity contribution in [3.63, 3.8) is 0 Å². The number of carbonyl (C=O) groups is 1. The van der Waals surface area contributed by atoms with E-state index in [0.29, 0.717) is 38.5 Å². The Balaban J connectivity index is 1.44. The summed E-state index contributed by atoms with van der Waals surface area (Å²) in [5.74, 6) is 1.74. The summed E-state index contributed by atoms with van der Waals surface area (Å²) in [5, 5.41) is 0. The molecule has 2 aromatic carbocycles. The molecule has 1 fully saturated rings. The fourth-order valence-electron chi connectivity index (χ4n) is 2.60. The van der Waals surface area contributed by atoms with Crippen LogP contribution in [0.4, 0.5) is 0 Å². The van der Waals surface area contributed by atoms with Crippen LogP contribution in [0.5, 0.6) is 5.75 Å². The molecule has 0 aromatic heterocycles. The van der Waals surface area contributed by atoms with Crippen LogP contribution in [-0.2, 0) is 4.74 Å². The van der Waals surface area contributed by atoms with Crippen molar-refractivity contribution in [3.05, 3.63) is 59.7 Å². The maximum absolute atomic E-state index is 12.4. The van der Waals surface area contributed by atoms with Crippen LogP contribution in [0.15, 0.2) is 53.4 Å². The molecule has 0 N–H and O–H groups in total. The smallest absolute Gasteiger partial charge is 0.254 e. The van der Waals surface area contributed by atoms with Gasteiger partial charge in [-0.1, -0.05) is 17.7 Å². The number of thioether (sulfide) groups is 1. The lowest BCUT2D eigenvalue weighted by Gasteiger charge is -2.26. The van der Waals surface area contributed by atoms with Gasteiger partial charge in [0.15, 0.2) is 0 Å². The summed E-state index contributed by atoms with van der Waals surface area (Å²) >= 11 is 1.78. The molecule has 1 aliphatic heterocycles. The number of benzene rings is 2. The molecule has 0 spiro atoms. The maximum atomic E-state index is 12.4. The first-order valence-electron chi connectivity index (χ1n) is 8.52. The zero-order valence-corrected chi connectivity index (χ0v) is 15.3. The predicted octanol–water partition coefficient (Wildman–Crippen LogP) is 3.64. The molecule has 0 unspecified atom stereocenters. The van der Waals surface area contributed by atoms with Crippen molar-refractivity contribution >= 4 is 17.7 Å². The number of amides is 1. The molecular weight excluding hydrogens is 334 g/mol. The number of carbonyl (C=O) groups excluding carboxylic acids is 1. The summed E-state index contributed by atoms with van der Waals surface area (Å²) in [7, 11) is 0. The van der Waals surface area contributed by atoms with Gasteiger partial charge in [-0.25, -0.2) is 0 Å². The quantitative estimate of drug-likeness (QED) is 0.584. The van der Waals surface area contributed by atoms with Crippen LogP contribution in [0.2, 0.25) is 0 Å². The molecular formula is C20H23NO3S. The summed E-state index contributed by atoms with van der Waals surface area (Å²) in [6.45, 7) is 5.28. The zero-order valence-electron chi connectivity index (χ0n) is 14.4. The Labute approximate surface area is 153 Å². The van der Waals surface area contributed by atoms with Crippen LogP contribution in [0.25, 0.3) is 0 Å². The predicted molar refractivity (Wildman–Crippen MR) is 101 cm³/mol. The summed E-state index contributed by atoms with van der Waals surface area (Å²) in [6, 6.07) is 15.9. The van der Waals surface area contributed by atoms with Gasteiger partial charge in [0.05, 0.1) is 19.8 Å². The van der Waals surface area contributed by atoms with Crippen molar-refractivity contribution in [1.29, 1.82) is 0 Å². The first-order valence-corrected chi connectivity index (χ1v) is 9.50. The van der Waals surface area contributed by atoms with Crippen molar-refractivity contribution in [2.45, 2.75) is 11.8 Å². The molecule has 25 heavy (non-hydrogen) atoms. The number of nitrogens with zero attached hydrogens (tertiary/aromatic N) is 1.